The maximum absolute atomic E-state index is 9.00. The van der Waals surface area contributed by atoms with E-state index in [-0.39, 0.29) is 92.8 Å². The van der Waals surface area contributed by atoms with Crippen molar-refractivity contribution in [2.45, 2.75) is 0 Å². The molecule has 9 rings (SSSR count). The van der Waals surface area contributed by atoms with E-state index in [1.807, 2.05) is 0 Å². The van der Waals surface area contributed by atoms with Gasteiger partial charge in [-0.1, -0.05) is 121 Å². The lowest BCUT2D eigenvalue weighted by Gasteiger charge is -2.10. The van der Waals surface area contributed by atoms with Gasteiger partial charge in [0.25, 0.3) is 0 Å². The third-order valence-corrected chi connectivity index (χ3v) is 7.52. The molecule has 45 heavy (non-hydrogen) atoms. The normalized spacial score (nSPS) is 15.9. The molecular weight excluding hydrogens is 550 g/mol. The topological polar surface area (TPSA) is 51.8 Å². The van der Waals surface area contributed by atoms with E-state index >= 15 is 0 Å². The number of benzene rings is 7. The molecule has 4 heteroatoms. The molecule has 0 N–H and O–H groups in total. The first-order chi connectivity index (χ1) is 28.0. The number of fused-ring (bicyclic) bond motifs is 5. The zero-order chi connectivity index (χ0) is 41.9. The number of aromatic nitrogens is 3. The minimum Gasteiger partial charge on any atom is -0.456 e. The van der Waals surface area contributed by atoms with E-state index in [0.717, 1.165) is 0 Å². The minimum atomic E-state index is -0.600. The lowest BCUT2D eigenvalue weighted by atomic mass is 9.98. The highest BCUT2D eigenvalue weighted by Gasteiger charge is 2.17. The van der Waals surface area contributed by atoms with Crippen LogP contribution in [0.5, 0.6) is 0 Å². The second-order valence-corrected chi connectivity index (χ2v) is 10.2. The van der Waals surface area contributed by atoms with Gasteiger partial charge in [0.15, 0.2) is 17.5 Å². The first-order valence-electron chi connectivity index (χ1n) is 20.9. The average molecular weight is 590 g/mol. The van der Waals surface area contributed by atoms with Crippen molar-refractivity contribution in [3.05, 3.63) is 151 Å². The molecule has 0 unspecified atom stereocenters. The van der Waals surface area contributed by atoms with E-state index in [2.05, 4.69) is 9.97 Å². The Hall–Kier alpha value is -6.13. The van der Waals surface area contributed by atoms with Crippen LogP contribution in [0.15, 0.2) is 156 Å². The fourth-order valence-corrected chi connectivity index (χ4v) is 5.40. The van der Waals surface area contributed by atoms with Crippen LogP contribution in [0, 0.1) is 0 Å². The second-order valence-electron chi connectivity index (χ2n) is 10.2. The summed E-state index contributed by atoms with van der Waals surface area (Å²) in [5, 5.41) is 2.17. The number of para-hydroxylation sites is 1. The molecule has 0 spiro atoms. The van der Waals surface area contributed by atoms with Gasteiger partial charge in [-0.2, -0.15) is 0 Å². The number of rotatable bonds is 4. The molecule has 9 aromatic rings. The molecule has 0 aliphatic rings. The molecule has 0 fully saturated rings. The predicted octanol–water partition coefficient (Wildman–Crippen LogP) is 10.7. The largest absolute Gasteiger partial charge is 0.456 e. The van der Waals surface area contributed by atoms with E-state index in [1.54, 1.807) is 42.5 Å². The van der Waals surface area contributed by atoms with E-state index < -0.39 is 42.3 Å². The molecule has 4 nitrogen and oxygen atoms in total. The Morgan fingerprint density at radius 3 is 2.02 bits per heavy atom. The van der Waals surface area contributed by atoms with Crippen LogP contribution >= 0.6 is 0 Å². The first-order valence-corrected chi connectivity index (χ1v) is 13.9. The van der Waals surface area contributed by atoms with Crippen LogP contribution in [-0.4, -0.2) is 15.0 Å². The summed E-state index contributed by atoms with van der Waals surface area (Å²) in [5.41, 5.74) is 1.58. The van der Waals surface area contributed by atoms with Crippen molar-refractivity contribution in [1.29, 1.82) is 0 Å². The smallest absolute Gasteiger partial charge is 0.164 e. The first kappa shape index (κ1) is 15.0. The zero-order valence-corrected chi connectivity index (χ0v) is 23.1. The maximum atomic E-state index is 9.00. The summed E-state index contributed by atoms with van der Waals surface area (Å²) >= 11 is 0. The molecule has 0 saturated carbocycles. The maximum Gasteiger partial charge on any atom is 0.164 e. The number of hydrogen-bond acceptors (Lipinski definition) is 4. The predicted molar refractivity (Wildman–Crippen MR) is 184 cm³/mol. The van der Waals surface area contributed by atoms with Crippen LogP contribution in [0.4, 0.5) is 0 Å². The van der Waals surface area contributed by atoms with Crippen molar-refractivity contribution in [2.24, 2.45) is 0 Å². The fraction of sp³-hybridized carbons (Fsp3) is 0. The molecule has 2 aromatic heterocycles. The lowest BCUT2D eigenvalue weighted by molar-refractivity contribution is 0.669. The van der Waals surface area contributed by atoms with Gasteiger partial charge in [-0.25, -0.2) is 15.0 Å². The van der Waals surface area contributed by atoms with Crippen molar-refractivity contribution >= 4 is 43.5 Å². The van der Waals surface area contributed by atoms with Crippen molar-refractivity contribution in [3.8, 4) is 45.3 Å². The van der Waals surface area contributed by atoms with Gasteiger partial charge in [0.2, 0.25) is 0 Å². The van der Waals surface area contributed by atoms with Gasteiger partial charge < -0.3 is 4.42 Å². The van der Waals surface area contributed by atoms with Crippen molar-refractivity contribution in [2.75, 3.05) is 0 Å². The Kier molecular flexibility index (Phi) is 3.43. The molecule has 0 saturated heterocycles. The van der Waals surface area contributed by atoms with Crippen LogP contribution in [-0.2, 0) is 0 Å². The highest BCUT2D eigenvalue weighted by atomic mass is 16.3. The van der Waals surface area contributed by atoms with Gasteiger partial charge in [0.1, 0.15) is 11.2 Å². The number of hydrogen-bond donors (Lipinski definition) is 0. The van der Waals surface area contributed by atoms with Crippen molar-refractivity contribution in [1.82, 2.24) is 15.0 Å². The summed E-state index contributed by atoms with van der Waals surface area (Å²) in [6, 6.07) is 12.7. The monoisotopic (exact) mass is 589 g/mol. The lowest BCUT2D eigenvalue weighted by Crippen LogP contribution is -2.00. The standard InChI is InChI=1S/C41H25N3O/c1-2-10-27(11-3-1)39-42-40(44-41(43-39)35-14-8-16-37-38(35)34-13-6-7-15-36(34)45-37)33-22-21-31-24-30(19-20-32(31)25-33)29-18-17-26-9-4-5-12-28(26)23-29/h1-25H/i1D,2D,3D,4D,5D,6D,9D,10D,11D,12D,14D,15D,17D,18D. The molecular formula is C41H25N3O. The van der Waals surface area contributed by atoms with Gasteiger partial charge in [0.05, 0.1) is 19.2 Å². The van der Waals surface area contributed by atoms with Crippen LogP contribution < -0.4 is 0 Å². The Morgan fingerprint density at radius 2 is 1.16 bits per heavy atom. The Morgan fingerprint density at radius 1 is 0.444 bits per heavy atom. The quantitative estimate of drug-likeness (QED) is 0.205. The minimum absolute atomic E-state index is 0.0327. The molecule has 0 aliphatic carbocycles. The Bertz CT molecular complexity index is 3320. The van der Waals surface area contributed by atoms with E-state index in [4.69, 9.17) is 28.6 Å². The molecule has 0 amide bonds. The number of furan rings is 1. The summed E-state index contributed by atoms with van der Waals surface area (Å²) in [5.74, 6) is -0.311. The second kappa shape index (κ2) is 10.2. The fourth-order valence-electron chi connectivity index (χ4n) is 5.40. The van der Waals surface area contributed by atoms with Gasteiger partial charge in [-0.3, -0.25) is 0 Å². The zero-order valence-electron chi connectivity index (χ0n) is 37.1. The van der Waals surface area contributed by atoms with E-state index in [1.165, 1.54) is 24.3 Å². The highest BCUT2D eigenvalue weighted by molar-refractivity contribution is 6.11. The van der Waals surface area contributed by atoms with Gasteiger partial charge in [-0.15, -0.1) is 0 Å². The van der Waals surface area contributed by atoms with E-state index in [9.17, 15) is 0 Å². The highest BCUT2D eigenvalue weighted by Crippen LogP contribution is 2.37. The van der Waals surface area contributed by atoms with Gasteiger partial charge in [0, 0.05) is 27.5 Å². The molecule has 0 aliphatic heterocycles. The molecule has 7 aromatic carbocycles. The summed E-state index contributed by atoms with van der Waals surface area (Å²) in [7, 11) is 0. The van der Waals surface area contributed by atoms with Crippen LogP contribution in [0.1, 0.15) is 19.2 Å². The number of nitrogens with zero attached hydrogens (tertiary/aromatic N) is 3. The summed E-state index contributed by atoms with van der Waals surface area (Å²) in [6.45, 7) is 0. The summed E-state index contributed by atoms with van der Waals surface area (Å²) in [4.78, 5) is 14.0. The van der Waals surface area contributed by atoms with Gasteiger partial charge in [-0.05, 0) is 63.0 Å². The molecule has 0 bridgehead atoms. The molecule has 2 heterocycles. The average Bonchev–Trinajstić information content (AvgIpc) is 3.59. The van der Waals surface area contributed by atoms with Gasteiger partial charge >= 0.3 is 0 Å². The third-order valence-electron chi connectivity index (χ3n) is 7.52. The SMILES string of the molecule is [2H]c1cc([2H])c2oc3ccc([2H])c(-c4nc(-c5ccc6cc(-c7cc8c([2H])c([2H])c([2H])c([2H])c8c([2H])c7[2H])ccc6c5)nc(-c5c([2H])c([2H])c([2H])c([2H])c5[2H])n4)c3c2c1. The van der Waals surface area contributed by atoms with Crippen LogP contribution in [0.25, 0.3) is 88.8 Å². The Labute approximate surface area is 279 Å². The van der Waals surface area contributed by atoms with Crippen molar-refractivity contribution < 1.29 is 23.6 Å². The molecule has 0 atom stereocenters. The Balaban J connectivity index is 1.26. The van der Waals surface area contributed by atoms with Crippen molar-refractivity contribution in [3.63, 3.8) is 0 Å². The summed E-state index contributed by atoms with van der Waals surface area (Å²) < 4.78 is 124. The molecule has 210 valence electrons. The summed E-state index contributed by atoms with van der Waals surface area (Å²) in [6.07, 6.45) is 0. The van der Waals surface area contributed by atoms with Crippen LogP contribution in [0.3, 0.4) is 0 Å². The van der Waals surface area contributed by atoms with Crippen LogP contribution in [0.2, 0.25) is 0 Å². The third kappa shape index (κ3) is 4.43. The van der Waals surface area contributed by atoms with E-state index in [0.29, 0.717) is 38.2 Å². The molecule has 0 radical (unpaired) electrons.